The Kier molecular flexibility index (Phi) is 7.59. The van der Waals surface area contributed by atoms with Crippen LogP contribution in [0.4, 0.5) is 5.69 Å². The number of carbonyl (C=O) groups excluding carboxylic acids is 2. The number of hydrogen-bond acceptors (Lipinski definition) is 5. The van der Waals surface area contributed by atoms with E-state index in [-0.39, 0.29) is 17.9 Å². The van der Waals surface area contributed by atoms with Crippen molar-refractivity contribution in [3.63, 3.8) is 0 Å². The summed E-state index contributed by atoms with van der Waals surface area (Å²) in [5.74, 6) is -0.876. The molecule has 0 saturated carbocycles. The molecule has 0 aromatic heterocycles. The molecular weight excluding hydrogens is 356 g/mol. The van der Waals surface area contributed by atoms with E-state index < -0.39 is 21.9 Å². The Balaban J connectivity index is 1.94. The molecular formula is C18H26N2O5S. The third-order valence-corrected chi connectivity index (χ3v) is 6.07. The number of ether oxygens (including phenoxy) is 1. The van der Waals surface area contributed by atoms with Crippen molar-refractivity contribution < 1.29 is 22.7 Å². The zero-order chi connectivity index (χ0) is 19.0. The van der Waals surface area contributed by atoms with Gasteiger partial charge in [-0.15, -0.1) is 0 Å². The highest BCUT2D eigenvalue weighted by Gasteiger charge is 2.24. The first-order valence-electron chi connectivity index (χ1n) is 8.99. The van der Waals surface area contributed by atoms with Crippen molar-refractivity contribution in [3.05, 3.63) is 24.3 Å². The monoisotopic (exact) mass is 382 g/mol. The van der Waals surface area contributed by atoms with Crippen LogP contribution in [0.2, 0.25) is 0 Å². The van der Waals surface area contributed by atoms with E-state index in [4.69, 9.17) is 4.74 Å². The van der Waals surface area contributed by atoms with Gasteiger partial charge in [0.1, 0.15) is 0 Å². The van der Waals surface area contributed by atoms with Gasteiger partial charge in [-0.25, -0.2) is 8.42 Å². The van der Waals surface area contributed by atoms with Crippen molar-refractivity contribution in [1.82, 2.24) is 4.31 Å². The molecule has 0 aliphatic carbocycles. The number of anilines is 1. The van der Waals surface area contributed by atoms with Crippen LogP contribution in [0, 0.1) is 0 Å². The average Bonchev–Trinajstić information content (AvgIpc) is 2.91. The molecule has 0 atom stereocenters. The minimum atomic E-state index is -3.51. The predicted octanol–water partition coefficient (Wildman–Crippen LogP) is 2.53. The third-order valence-electron chi connectivity index (χ3n) is 4.16. The number of sulfonamides is 1. The highest BCUT2D eigenvalue weighted by Crippen LogP contribution is 2.21. The molecule has 1 heterocycles. The van der Waals surface area contributed by atoms with Gasteiger partial charge in [-0.1, -0.05) is 19.8 Å². The van der Waals surface area contributed by atoms with E-state index in [9.17, 15) is 18.0 Å². The summed E-state index contributed by atoms with van der Waals surface area (Å²) < 4.78 is 31.7. The maximum absolute atomic E-state index is 12.7. The average molecular weight is 382 g/mol. The third kappa shape index (κ3) is 5.81. The molecule has 8 heteroatoms. The van der Waals surface area contributed by atoms with E-state index in [0.717, 1.165) is 25.7 Å². The molecule has 1 saturated heterocycles. The first kappa shape index (κ1) is 20.4. The van der Waals surface area contributed by atoms with Crippen LogP contribution in [0.5, 0.6) is 0 Å². The summed E-state index contributed by atoms with van der Waals surface area (Å²) in [6.07, 6.45) is 4.80. The second-order valence-electron chi connectivity index (χ2n) is 6.30. The van der Waals surface area contributed by atoms with E-state index in [1.807, 2.05) is 6.92 Å². The van der Waals surface area contributed by atoms with Gasteiger partial charge in [-0.05, 0) is 43.5 Å². The SMILES string of the molecule is CCCC(=O)OCC(=O)Nc1ccc(S(=O)(=O)N2CCCCCC2)cc1. The molecule has 1 fully saturated rings. The van der Waals surface area contributed by atoms with Crippen LogP contribution in [-0.4, -0.2) is 44.3 Å². The van der Waals surface area contributed by atoms with Crippen LogP contribution >= 0.6 is 0 Å². The fraction of sp³-hybridized carbons (Fsp3) is 0.556. The molecule has 0 radical (unpaired) electrons. The summed E-state index contributed by atoms with van der Waals surface area (Å²) in [6, 6.07) is 6.05. The lowest BCUT2D eigenvalue weighted by Crippen LogP contribution is -2.31. The summed E-state index contributed by atoms with van der Waals surface area (Å²) >= 11 is 0. The standard InChI is InChI=1S/C18H26N2O5S/c1-2-7-18(22)25-14-17(21)19-15-8-10-16(11-9-15)26(23,24)20-12-5-3-4-6-13-20/h8-11H,2-7,12-14H2,1H3,(H,19,21). The number of nitrogens with one attached hydrogen (secondary N) is 1. The molecule has 1 aliphatic heterocycles. The molecule has 144 valence electrons. The Bertz CT molecular complexity index is 708. The normalized spacial score (nSPS) is 15.9. The highest BCUT2D eigenvalue weighted by molar-refractivity contribution is 7.89. The van der Waals surface area contributed by atoms with Gasteiger partial charge < -0.3 is 10.1 Å². The lowest BCUT2D eigenvalue weighted by atomic mass is 10.2. The number of rotatable bonds is 7. The zero-order valence-electron chi connectivity index (χ0n) is 15.1. The summed E-state index contributed by atoms with van der Waals surface area (Å²) in [7, 11) is -3.51. The minimum Gasteiger partial charge on any atom is -0.456 e. The molecule has 1 aromatic rings. The van der Waals surface area contributed by atoms with E-state index >= 15 is 0 Å². The maximum Gasteiger partial charge on any atom is 0.306 e. The van der Waals surface area contributed by atoms with Gasteiger partial charge in [0, 0.05) is 25.2 Å². The summed E-state index contributed by atoms with van der Waals surface area (Å²) in [5.41, 5.74) is 0.455. The number of amides is 1. The van der Waals surface area contributed by atoms with Gasteiger partial charge >= 0.3 is 5.97 Å². The predicted molar refractivity (Wildman–Crippen MR) is 98.2 cm³/mol. The molecule has 0 spiro atoms. The van der Waals surface area contributed by atoms with Gasteiger partial charge in [0.2, 0.25) is 10.0 Å². The number of nitrogens with zero attached hydrogens (tertiary/aromatic N) is 1. The molecule has 1 aromatic carbocycles. The second-order valence-corrected chi connectivity index (χ2v) is 8.24. The van der Waals surface area contributed by atoms with Crippen LogP contribution in [0.3, 0.4) is 0 Å². The largest absolute Gasteiger partial charge is 0.456 e. The van der Waals surface area contributed by atoms with E-state index in [2.05, 4.69) is 5.32 Å². The van der Waals surface area contributed by atoms with Crippen LogP contribution < -0.4 is 5.32 Å². The van der Waals surface area contributed by atoms with Gasteiger partial charge in [0.25, 0.3) is 5.91 Å². The Morgan fingerprint density at radius 3 is 2.27 bits per heavy atom. The van der Waals surface area contributed by atoms with Gasteiger partial charge in [0.15, 0.2) is 6.61 Å². The van der Waals surface area contributed by atoms with Crippen molar-refractivity contribution in [2.75, 3.05) is 25.0 Å². The highest BCUT2D eigenvalue weighted by atomic mass is 32.2. The maximum atomic E-state index is 12.7. The number of carbonyl (C=O) groups is 2. The molecule has 1 amide bonds. The van der Waals surface area contributed by atoms with Crippen molar-refractivity contribution in [3.8, 4) is 0 Å². The first-order valence-corrected chi connectivity index (χ1v) is 10.4. The molecule has 0 unspecified atom stereocenters. The number of hydrogen-bond donors (Lipinski definition) is 1. The van der Waals surface area contributed by atoms with Crippen LogP contribution in [0.25, 0.3) is 0 Å². The molecule has 2 rings (SSSR count). The topological polar surface area (TPSA) is 92.8 Å². The van der Waals surface area contributed by atoms with Gasteiger partial charge in [-0.3, -0.25) is 9.59 Å². The molecule has 1 aliphatic rings. The van der Waals surface area contributed by atoms with Crippen molar-refractivity contribution in [2.45, 2.75) is 50.3 Å². The zero-order valence-corrected chi connectivity index (χ0v) is 15.9. The minimum absolute atomic E-state index is 0.215. The van der Waals surface area contributed by atoms with Crippen molar-refractivity contribution in [2.24, 2.45) is 0 Å². The van der Waals surface area contributed by atoms with Crippen molar-refractivity contribution in [1.29, 1.82) is 0 Å². The molecule has 26 heavy (non-hydrogen) atoms. The lowest BCUT2D eigenvalue weighted by Gasteiger charge is -2.20. The second kappa shape index (κ2) is 9.68. The lowest BCUT2D eigenvalue weighted by molar-refractivity contribution is -0.147. The summed E-state index contributed by atoms with van der Waals surface area (Å²) in [5, 5.41) is 2.58. The van der Waals surface area contributed by atoms with E-state index in [0.29, 0.717) is 25.2 Å². The van der Waals surface area contributed by atoms with Crippen molar-refractivity contribution >= 4 is 27.6 Å². The quantitative estimate of drug-likeness (QED) is 0.732. The smallest absolute Gasteiger partial charge is 0.306 e. The Morgan fingerprint density at radius 1 is 1.08 bits per heavy atom. The fourth-order valence-corrected chi connectivity index (χ4v) is 4.28. The first-order chi connectivity index (χ1) is 12.4. The van der Waals surface area contributed by atoms with Crippen LogP contribution in [-0.2, 0) is 24.3 Å². The molecule has 7 nitrogen and oxygen atoms in total. The van der Waals surface area contributed by atoms with E-state index in [1.54, 1.807) is 0 Å². The van der Waals surface area contributed by atoms with Gasteiger partial charge in [0.05, 0.1) is 4.90 Å². The Hall–Kier alpha value is -1.93. The summed E-state index contributed by atoms with van der Waals surface area (Å²) in [6.45, 7) is 2.59. The Labute approximate surface area is 154 Å². The number of esters is 1. The fourth-order valence-electron chi connectivity index (χ4n) is 2.76. The van der Waals surface area contributed by atoms with Crippen LogP contribution in [0.15, 0.2) is 29.2 Å². The van der Waals surface area contributed by atoms with E-state index in [1.165, 1.54) is 28.6 Å². The van der Waals surface area contributed by atoms with Gasteiger partial charge in [-0.2, -0.15) is 4.31 Å². The molecule has 1 N–H and O–H groups in total. The van der Waals surface area contributed by atoms with Crippen LogP contribution in [0.1, 0.15) is 45.4 Å². The Morgan fingerprint density at radius 2 is 1.69 bits per heavy atom. The summed E-state index contributed by atoms with van der Waals surface area (Å²) in [4.78, 5) is 23.2. The molecule has 0 bridgehead atoms. The number of benzene rings is 1.